The van der Waals surface area contributed by atoms with Gasteiger partial charge in [-0.25, -0.2) is 0 Å². The minimum atomic E-state index is -0.384. The zero-order valence-electron chi connectivity index (χ0n) is 11.1. The highest BCUT2D eigenvalue weighted by molar-refractivity contribution is 5.78. The van der Waals surface area contributed by atoms with Crippen LogP contribution in [0.15, 0.2) is 0 Å². The van der Waals surface area contributed by atoms with Gasteiger partial charge >= 0.3 is 5.97 Å². The third-order valence-corrected chi connectivity index (χ3v) is 4.76. The first-order chi connectivity index (χ1) is 8.71. The fourth-order valence-electron chi connectivity index (χ4n) is 3.55. The molecule has 1 aliphatic heterocycles. The van der Waals surface area contributed by atoms with Gasteiger partial charge in [-0.1, -0.05) is 0 Å². The van der Waals surface area contributed by atoms with Crippen LogP contribution in [0.3, 0.4) is 0 Å². The molecule has 18 heavy (non-hydrogen) atoms. The van der Waals surface area contributed by atoms with Gasteiger partial charge in [0.2, 0.25) is 0 Å². The molecule has 1 saturated heterocycles. The van der Waals surface area contributed by atoms with Gasteiger partial charge in [0.25, 0.3) is 0 Å². The quantitative estimate of drug-likeness (QED) is 0.725. The van der Waals surface area contributed by atoms with Gasteiger partial charge in [-0.05, 0) is 38.5 Å². The molecule has 0 amide bonds. The maximum Gasteiger partial charge on any atom is 0.312 e. The highest BCUT2D eigenvalue weighted by atomic mass is 16.7. The van der Waals surface area contributed by atoms with Crippen molar-refractivity contribution in [2.45, 2.75) is 51.2 Å². The van der Waals surface area contributed by atoms with Crippen molar-refractivity contribution in [3.8, 4) is 0 Å². The summed E-state index contributed by atoms with van der Waals surface area (Å²) in [6.45, 7) is 3.74. The molecule has 3 fully saturated rings. The average molecular weight is 254 g/mol. The van der Waals surface area contributed by atoms with E-state index in [0.717, 1.165) is 25.7 Å². The number of carbonyl (C=O) groups is 1. The SMILES string of the molecule is CCOC(=O)C1(C2CC2)CCC2(CC1)OCCO2. The molecule has 3 rings (SSSR count). The van der Waals surface area contributed by atoms with Crippen LogP contribution in [0.1, 0.15) is 45.4 Å². The molecule has 3 aliphatic rings. The summed E-state index contributed by atoms with van der Waals surface area (Å²) in [5.74, 6) is 0.167. The van der Waals surface area contributed by atoms with Gasteiger partial charge in [0.05, 0.1) is 25.2 Å². The van der Waals surface area contributed by atoms with Crippen LogP contribution in [0.4, 0.5) is 0 Å². The molecule has 0 aromatic rings. The Labute approximate surface area is 108 Å². The van der Waals surface area contributed by atoms with Gasteiger partial charge in [0.1, 0.15) is 0 Å². The van der Waals surface area contributed by atoms with Crippen LogP contribution in [0.2, 0.25) is 0 Å². The largest absolute Gasteiger partial charge is 0.466 e. The van der Waals surface area contributed by atoms with Gasteiger partial charge in [-0.2, -0.15) is 0 Å². The minimum absolute atomic E-state index is 0.0142. The van der Waals surface area contributed by atoms with Crippen molar-refractivity contribution >= 4 is 5.97 Å². The zero-order valence-corrected chi connectivity index (χ0v) is 11.1. The van der Waals surface area contributed by atoms with E-state index >= 15 is 0 Å². The topological polar surface area (TPSA) is 44.8 Å². The van der Waals surface area contributed by atoms with Gasteiger partial charge in [-0.3, -0.25) is 4.79 Å². The molecule has 0 aromatic carbocycles. The second kappa shape index (κ2) is 4.49. The molecule has 102 valence electrons. The Kier molecular flexibility index (Phi) is 3.10. The molecular weight excluding hydrogens is 232 g/mol. The highest BCUT2D eigenvalue weighted by Crippen LogP contribution is 2.56. The molecule has 0 bridgehead atoms. The lowest BCUT2D eigenvalue weighted by molar-refractivity contribution is -0.201. The van der Waals surface area contributed by atoms with Gasteiger partial charge in [0.15, 0.2) is 5.79 Å². The summed E-state index contributed by atoms with van der Waals surface area (Å²) in [5, 5.41) is 0. The Morgan fingerprint density at radius 1 is 1.17 bits per heavy atom. The maximum atomic E-state index is 12.3. The number of hydrogen-bond acceptors (Lipinski definition) is 4. The van der Waals surface area contributed by atoms with Crippen LogP contribution in [-0.4, -0.2) is 31.6 Å². The van der Waals surface area contributed by atoms with E-state index in [0.29, 0.717) is 25.7 Å². The van der Waals surface area contributed by atoms with Gasteiger partial charge in [0, 0.05) is 12.8 Å². The molecule has 0 aromatic heterocycles. The summed E-state index contributed by atoms with van der Waals surface area (Å²) in [4.78, 5) is 12.3. The first-order valence-corrected chi connectivity index (χ1v) is 7.16. The van der Waals surface area contributed by atoms with Crippen molar-refractivity contribution in [1.82, 2.24) is 0 Å². The van der Waals surface area contributed by atoms with E-state index in [9.17, 15) is 4.79 Å². The highest BCUT2D eigenvalue weighted by Gasteiger charge is 2.57. The number of ether oxygens (including phenoxy) is 3. The van der Waals surface area contributed by atoms with Crippen LogP contribution in [0.5, 0.6) is 0 Å². The van der Waals surface area contributed by atoms with Crippen molar-refractivity contribution in [2.75, 3.05) is 19.8 Å². The monoisotopic (exact) mass is 254 g/mol. The van der Waals surface area contributed by atoms with E-state index < -0.39 is 0 Å². The zero-order chi connectivity index (χ0) is 12.6. The van der Waals surface area contributed by atoms with Crippen molar-refractivity contribution in [3.05, 3.63) is 0 Å². The Morgan fingerprint density at radius 2 is 1.78 bits per heavy atom. The fourth-order valence-corrected chi connectivity index (χ4v) is 3.55. The minimum Gasteiger partial charge on any atom is -0.466 e. The average Bonchev–Trinajstić information content (AvgIpc) is 3.14. The fraction of sp³-hybridized carbons (Fsp3) is 0.929. The first kappa shape index (κ1) is 12.4. The smallest absolute Gasteiger partial charge is 0.312 e. The van der Waals surface area contributed by atoms with Crippen LogP contribution in [0.25, 0.3) is 0 Å². The first-order valence-electron chi connectivity index (χ1n) is 7.16. The lowest BCUT2D eigenvalue weighted by Crippen LogP contribution is -2.45. The third-order valence-electron chi connectivity index (χ3n) is 4.76. The summed E-state index contributed by atoms with van der Waals surface area (Å²) in [6.07, 6.45) is 5.73. The van der Waals surface area contributed by atoms with E-state index in [4.69, 9.17) is 14.2 Å². The molecule has 1 spiro atoms. The van der Waals surface area contributed by atoms with Crippen molar-refractivity contribution < 1.29 is 19.0 Å². The van der Waals surface area contributed by atoms with E-state index in [1.165, 1.54) is 12.8 Å². The Balaban J connectivity index is 1.71. The number of rotatable bonds is 3. The number of esters is 1. The molecule has 2 aliphatic carbocycles. The van der Waals surface area contributed by atoms with Crippen molar-refractivity contribution in [3.63, 3.8) is 0 Å². The standard InChI is InChI=1S/C14H22O4/c1-2-16-12(15)13(11-3-4-11)5-7-14(8-6-13)17-9-10-18-14/h11H,2-10H2,1H3. The second-order valence-electron chi connectivity index (χ2n) is 5.76. The van der Waals surface area contributed by atoms with Crippen LogP contribution in [-0.2, 0) is 19.0 Å². The van der Waals surface area contributed by atoms with E-state index in [1.807, 2.05) is 6.92 Å². The Hall–Kier alpha value is -0.610. The van der Waals surface area contributed by atoms with Crippen LogP contribution in [0, 0.1) is 11.3 Å². The predicted octanol–water partition coefficient (Wildman–Crippen LogP) is 2.26. The molecular formula is C14H22O4. The summed E-state index contributed by atoms with van der Waals surface area (Å²) < 4.78 is 16.8. The summed E-state index contributed by atoms with van der Waals surface area (Å²) in [5.41, 5.74) is -0.240. The van der Waals surface area contributed by atoms with Gasteiger partial charge in [-0.15, -0.1) is 0 Å². The normalized spacial score (nSPS) is 29.4. The second-order valence-corrected chi connectivity index (χ2v) is 5.76. The van der Waals surface area contributed by atoms with Crippen LogP contribution < -0.4 is 0 Å². The Morgan fingerprint density at radius 3 is 2.28 bits per heavy atom. The van der Waals surface area contributed by atoms with Crippen molar-refractivity contribution in [2.24, 2.45) is 11.3 Å². The van der Waals surface area contributed by atoms with E-state index in [1.54, 1.807) is 0 Å². The van der Waals surface area contributed by atoms with E-state index in [2.05, 4.69) is 0 Å². The van der Waals surface area contributed by atoms with E-state index in [-0.39, 0.29) is 17.2 Å². The van der Waals surface area contributed by atoms with Gasteiger partial charge < -0.3 is 14.2 Å². The summed E-state index contributed by atoms with van der Waals surface area (Å²) in [6, 6.07) is 0. The molecule has 0 atom stereocenters. The number of hydrogen-bond donors (Lipinski definition) is 0. The lowest BCUT2D eigenvalue weighted by Gasteiger charge is -2.42. The lowest BCUT2D eigenvalue weighted by atomic mass is 9.68. The summed E-state index contributed by atoms with van der Waals surface area (Å²) in [7, 11) is 0. The molecule has 0 unspecified atom stereocenters. The summed E-state index contributed by atoms with van der Waals surface area (Å²) >= 11 is 0. The predicted molar refractivity (Wildman–Crippen MR) is 64.9 cm³/mol. The molecule has 4 nitrogen and oxygen atoms in total. The molecule has 1 heterocycles. The molecule has 2 saturated carbocycles. The van der Waals surface area contributed by atoms with Crippen LogP contribution >= 0.6 is 0 Å². The van der Waals surface area contributed by atoms with Crippen molar-refractivity contribution in [1.29, 1.82) is 0 Å². The molecule has 4 heteroatoms. The Bertz CT molecular complexity index is 319. The third kappa shape index (κ3) is 1.95. The maximum absolute atomic E-state index is 12.3. The molecule has 0 N–H and O–H groups in total. The molecule has 0 radical (unpaired) electrons. The number of carbonyl (C=O) groups excluding carboxylic acids is 1.